The summed E-state index contributed by atoms with van der Waals surface area (Å²) in [6.45, 7) is 3.15. The van der Waals surface area contributed by atoms with E-state index in [4.69, 9.17) is 4.74 Å². The molecule has 2 rings (SSSR count). The van der Waals surface area contributed by atoms with E-state index >= 15 is 0 Å². The first-order valence-electron chi connectivity index (χ1n) is 7.43. The molecule has 0 radical (unpaired) electrons. The lowest BCUT2D eigenvalue weighted by molar-refractivity contribution is 0.128. The molecule has 0 atom stereocenters. The summed E-state index contributed by atoms with van der Waals surface area (Å²) in [7, 11) is 1.96. The Morgan fingerprint density at radius 1 is 1.15 bits per heavy atom. The Hall–Kier alpha value is -0.0600. The minimum atomic E-state index is 0.362. The third-order valence-electron chi connectivity index (χ3n) is 4.09. The van der Waals surface area contributed by atoms with Gasteiger partial charge in [-0.05, 0) is 88.2 Å². The zero-order chi connectivity index (χ0) is 14.5. The molecular formula is C16H23Br2NO. The van der Waals surface area contributed by atoms with Crippen LogP contribution in [0.2, 0.25) is 0 Å². The molecule has 1 aromatic carbocycles. The van der Waals surface area contributed by atoms with Gasteiger partial charge in [-0.15, -0.1) is 0 Å². The van der Waals surface area contributed by atoms with Crippen molar-refractivity contribution in [2.75, 3.05) is 7.05 Å². The molecular weight excluding hydrogens is 382 g/mol. The van der Waals surface area contributed by atoms with Crippen molar-refractivity contribution in [1.82, 2.24) is 5.32 Å². The molecule has 0 aliphatic heterocycles. The van der Waals surface area contributed by atoms with Gasteiger partial charge in [-0.2, -0.15) is 0 Å². The maximum atomic E-state index is 6.23. The molecule has 20 heavy (non-hydrogen) atoms. The second-order valence-corrected chi connectivity index (χ2v) is 7.30. The molecule has 4 heteroatoms. The largest absolute Gasteiger partial charge is 0.488 e. The smallest absolute Gasteiger partial charge is 0.148 e. The van der Waals surface area contributed by atoms with Crippen LogP contribution in [0.15, 0.2) is 21.1 Å². The molecule has 0 bridgehead atoms. The zero-order valence-electron chi connectivity index (χ0n) is 12.2. The summed E-state index contributed by atoms with van der Waals surface area (Å²) in [4.78, 5) is 0. The average Bonchev–Trinajstić information content (AvgIpc) is 2.44. The lowest BCUT2D eigenvalue weighted by Gasteiger charge is -2.29. The topological polar surface area (TPSA) is 21.3 Å². The fourth-order valence-corrected chi connectivity index (χ4v) is 4.32. The normalized spacial score (nSPS) is 22.8. The van der Waals surface area contributed by atoms with Crippen LogP contribution in [0.4, 0.5) is 0 Å². The van der Waals surface area contributed by atoms with Crippen molar-refractivity contribution in [3.05, 3.63) is 26.6 Å². The summed E-state index contributed by atoms with van der Waals surface area (Å²) in [5.74, 6) is 1.85. The highest BCUT2D eigenvalue weighted by molar-refractivity contribution is 9.11. The first kappa shape index (κ1) is 16.3. The molecule has 1 aromatic rings. The number of rotatable bonds is 5. The second-order valence-electron chi connectivity index (χ2n) is 5.59. The minimum Gasteiger partial charge on any atom is -0.488 e. The van der Waals surface area contributed by atoms with Gasteiger partial charge in [0.1, 0.15) is 5.75 Å². The van der Waals surface area contributed by atoms with Crippen molar-refractivity contribution in [2.45, 2.75) is 51.7 Å². The zero-order valence-corrected chi connectivity index (χ0v) is 15.4. The lowest BCUT2D eigenvalue weighted by atomic mass is 9.86. The molecule has 0 spiro atoms. The molecule has 1 aliphatic carbocycles. The van der Waals surface area contributed by atoms with E-state index in [-0.39, 0.29) is 0 Å². The lowest BCUT2D eigenvalue weighted by Crippen LogP contribution is -2.24. The van der Waals surface area contributed by atoms with Crippen molar-refractivity contribution in [3.63, 3.8) is 0 Å². The van der Waals surface area contributed by atoms with Gasteiger partial charge in [0.25, 0.3) is 0 Å². The van der Waals surface area contributed by atoms with Crippen LogP contribution in [-0.2, 0) is 6.54 Å². The van der Waals surface area contributed by atoms with Crippen LogP contribution in [0.5, 0.6) is 5.75 Å². The highest BCUT2D eigenvalue weighted by Crippen LogP contribution is 2.38. The third-order valence-corrected chi connectivity index (χ3v) is 5.27. The van der Waals surface area contributed by atoms with Gasteiger partial charge in [-0.3, -0.25) is 0 Å². The SMILES string of the molecule is CCC1CCC(Oc2c(Br)cc(CNC)cc2Br)CC1. The predicted octanol–water partition coefficient (Wildman–Crippen LogP) is 5.28. The predicted molar refractivity (Wildman–Crippen MR) is 91.3 cm³/mol. The molecule has 0 heterocycles. The standard InChI is InChI=1S/C16H23Br2NO/c1-3-11-4-6-13(7-5-11)20-16-14(17)8-12(10-19-2)9-15(16)18/h8-9,11,13,19H,3-7,10H2,1-2H3. The van der Waals surface area contributed by atoms with Crippen molar-refractivity contribution < 1.29 is 4.74 Å². The van der Waals surface area contributed by atoms with Crippen molar-refractivity contribution in [1.29, 1.82) is 0 Å². The quantitative estimate of drug-likeness (QED) is 0.720. The fraction of sp³-hybridized carbons (Fsp3) is 0.625. The minimum absolute atomic E-state index is 0.362. The van der Waals surface area contributed by atoms with Crippen LogP contribution in [0.1, 0.15) is 44.6 Å². The molecule has 1 saturated carbocycles. The van der Waals surface area contributed by atoms with Gasteiger partial charge in [0.2, 0.25) is 0 Å². The summed E-state index contributed by atoms with van der Waals surface area (Å²) in [5, 5.41) is 3.17. The Morgan fingerprint density at radius 3 is 2.25 bits per heavy atom. The van der Waals surface area contributed by atoms with Crippen LogP contribution in [0.3, 0.4) is 0 Å². The second kappa shape index (κ2) is 7.81. The summed E-state index contributed by atoms with van der Waals surface area (Å²) >= 11 is 7.28. The number of hydrogen-bond donors (Lipinski definition) is 1. The van der Waals surface area contributed by atoms with E-state index in [2.05, 4.69) is 56.2 Å². The van der Waals surface area contributed by atoms with Crippen molar-refractivity contribution in [3.8, 4) is 5.75 Å². The molecule has 0 amide bonds. The molecule has 2 nitrogen and oxygen atoms in total. The monoisotopic (exact) mass is 403 g/mol. The van der Waals surface area contributed by atoms with E-state index in [9.17, 15) is 0 Å². The fourth-order valence-electron chi connectivity index (χ4n) is 2.86. The van der Waals surface area contributed by atoms with Crippen LogP contribution in [0.25, 0.3) is 0 Å². The summed E-state index contributed by atoms with van der Waals surface area (Å²) in [6.07, 6.45) is 6.62. The Kier molecular flexibility index (Phi) is 6.37. The first-order valence-corrected chi connectivity index (χ1v) is 9.01. The summed E-state index contributed by atoms with van der Waals surface area (Å²) < 4.78 is 8.30. The molecule has 0 unspecified atom stereocenters. The molecule has 112 valence electrons. The van der Waals surface area contributed by atoms with Crippen molar-refractivity contribution in [2.24, 2.45) is 5.92 Å². The van der Waals surface area contributed by atoms with Crippen LogP contribution in [-0.4, -0.2) is 13.2 Å². The van der Waals surface area contributed by atoms with Gasteiger partial charge in [-0.25, -0.2) is 0 Å². The van der Waals surface area contributed by atoms with Gasteiger partial charge < -0.3 is 10.1 Å². The number of hydrogen-bond acceptors (Lipinski definition) is 2. The first-order chi connectivity index (χ1) is 9.63. The Morgan fingerprint density at radius 2 is 1.75 bits per heavy atom. The van der Waals surface area contributed by atoms with Crippen LogP contribution in [0, 0.1) is 5.92 Å². The van der Waals surface area contributed by atoms with E-state index < -0.39 is 0 Å². The average molecular weight is 405 g/mol. The Balaban J connectivity index is 2.02. The summed E-state index contributed by atoms with van der Waals surface area (Å²) in [6, 6.07) is 4.27. The van der Waals surface area contributed by atoms with Crippen molar-refractivity contribution >= 4 is 31.9 Å². The Labute approximate surface area is 138 Å². The molecule has 0 aromatic heterocycles. The summed E-state index contributed by atoms with van der Waals surface area (Å²) in [5.41, 5.74) is 1.24. The number of benzene rings is 1. The van der Waals surface area contributed by atoms with E-state index in [1.807, 2.05) is 7.05 Å². The van der Waals surface area contributed by atoms with Gasteiger partial charge in [0.05, 0.1) is 15.0 Å². The van der Waals surface area contributed by atoms with E-state index in [0.29, 0.717) is 6.10 Å². The van der Waals surface area contributed by atoms with Gasteiger partial charge in [0.15, 0.2) is 0 Å². The Bertz CT molecular complexity index is 419. The molecule has 1 aliphatic rings. The highest BCUT2D eigenvalue weighted by atomic mass is 79.9. The molecule has 1 N–H and O–H groups in total. The van der Waals surface area contributed by atoms with Crippen LogP contribution >= 0.6 is 31.9 Å². The maximum absolute atomic E-state index is 6.23. The molecule has 1 fully saturated rings. The van der Waals surface area contributed by atoms with Gasteiger partial charge >= 0.3 is 0 Å². The van der Waals surface area contributed by atoms with E-state index in [0.717, 1.165) is 27.2 Å². The van der Waals surface area contributed by atoms with Gasteiger partial charge in [-0.1, -0.05) is 13.3 Å². The van der Waals surface area contributed by atoms with Gasteiger partial charge in [0, 0.05) is 6.54 Å². The highest BCUT2D eigenvalue weighted by Gasteiger charge is 2.22. The molecule has 0 saturated heterocycles. The van der Waals surface area contributed by atoms with E-state index in [1.165, 1.54) is 37.7 Å². The third kappa shape index (κ3) is 4.22. The maximum Gasteiger partial charge on any atom is 0.148 e. The number of halogens is 2. The van der Waals surface area contributed by atoms with Crippen LogP contribution < -0.4 is 10.1 Å². The number of nitrogens with one attached hydrogen (secondary N) is 1. The number of ether oxygens (including phenoxy) is 1. The van der Waals surface area contributed by atoms with E-state index in [1.54, 1.807) is 0 Å².